The summed E-state index contributed by atoms with van der Waals surface area (Å²) in [4.78, 5) is 0. The standard InChI is InChI=1S/2C13H9.C3H9Si.CH3.2ClH.H2Si.Zr/c2*1-3-7-12-10(5-1)9-11-6-2-4-8-13(11)12;1-4(2)3;;;;;/h2*1-5,7-8H,9H2;1-3H3;1H3;2*1H;1H2;/q2*-1;;-1;;;;. The van der Waals surface area contributed by atoms with Crippen molar-refractivity contribution in [3.63, 3.8) is 0 Å². The van der Waals surface area contributed by atoms with E-state index in [9.17, 15) is 0 Å². The van der Waals surface area contributed by atoms with Gasteiger partial charge in [0.1, 0.15) is 0 Å². The predicted octanol–water partition coefficient (Wildman–Crippen LogP) is 7.86. The minimum Gasteiger partial charge on any atom is -0.179 e. The number of rotatable bonds is 0. The summed E-state index contributed by atoms with van der Waals surface area (Å²) in [7, 11) is 0.120. The second-order valence-corrected chi connectivity index (χ2v) is 11.3. The van der Waals surface area contributed by atoms with Crippen LogP contribution in [0.15, 0.2) is 84.9 Å². The van der Waals surface area contributed by atoms with Crippen molar-refractivity contribution >= 4 is 40.5 Å². The molecule has 0 amide bonds. The molecule has 4 aromatic carbocycles. The SMILES string of the molecule is C[Si](C)C.Cl.Cl.[CH3-].[SiH2]=[Zr].[c-]1cccc2c1Cc1ccccc1-2.[c-]1cccc2c1Cc1ccccc1-2. The molecule has 0 nitrogen and oxygen atoms in total. The second kappa shape index (κ2) is 17.3. The molecule has 0 N–H and O–H groups in total. The van der Waals surface area contributed by atoms with E-state index in [1.165, 1.54) is 44.5 Å². The molecule has 0 spiro atoms. The maximum absolute atomic E-state index is 3.30. The van der Waals surface area contributed by atoms with Crippen LogP contribution in [0, 0.1) is 19.6 Å². The molecule has 35 heavy (non-hydrogen) atoms. The number of hydrogen-bond donors (Lipinski definition) is 0. The Morgan fingerprint density at radius 3 is 1.29 bits per heavy atom. The van der Waals surface area contributed by atoms with Gasteiger partial charge in [-0.05, 0) is 12.8 Å². The Bertz CT molecular complexity index is 999. The van der Waals surface area contributed by atoms with Gasteiger partial charge in [-0.1, -0.05) is 90.4 Å². The second-order valence-electron chi connectivity index (χ2n) is 8.29. The third kappa shape index (κ3) is 8.99. The summed E-state index contributed by atoms with van der Waals surface area (Å²) in [6.45, 7) is 8.76. The van der Waals surface area contributed by atoms with Gasteiger partial charge in [-0.25, -0.2) is 0 Å². The molecule has 2 aliphatic carbocycles. The number of benzene rings is 4. The fourth-order valence-corrected chi connectivity index (χ4v) is 4.00. The van der Waals surface area contributed by atoms with Crippen molar-refractivity contribution in [3.8, 4) is 22.3 Å². The number of halogens is 2. The Hall–Kier alpha value is -1.22. The van der Waals surface area contributed by atoms with Crippen LogP contribution < -0.4 is 0 Å². The first-order valence-electron chi connectivity index (χ1n) is 10.9. The quantitative estimate of drug-likeness (QED) is 0.121. The molecule has 183 valence electrons. The van der Waals surface area contributed by atoms with Crippen molar-refractivity contribution in [3.05, 3.63) is 127 Å². The minimum absolute atomic E-state index is 0. The molecule has 0 aliphatic heterocycles. The topological polar surface area (TPSA) is 0 Å². The van der Waals surface area contributed by atoms with Gasteiger partial charge >= 0.3 is 30.2 Å². The van der Waals surface area contributed by atoms with E-state index in [1.807, 2.05) is 19.0 Å². The Labute approximate surface area is 243 Å². The van der Waals surface area contributed by atoms with Gasteiger partial charge in [0, 0.05) is 8.80 Å². The van der Waals surface area contributed by atoms with Crippen LogP contribution in [0.1, 0.15) is 22.3 Å². The van der Waals surface area contributed by atoms with Gasteiger partial charge in [-0.3, -0.25) is 0 Å². The molecule has 0 bridgehead atoms. The van der Waals surface area contributed by atoms with Crippen LogP contribution in [0.3, 0.4) is 0 Å². The minimum atomic E-state index is 0. The van der Waals surface area contributed by atoms with Crippen molar-refractivity contribution < 1.29 is 23.3 Å². The molecule has 0 saturated carbocycles. The first-order valence-corrected chi connectivity index (χ1v) is 19.8. The maximum atomic E-state index is 3.30. The molecule has 0 saturated heterocycles. The first kappa shape index (κ1) is 33.8. The molecule has 0 atom stereocenters. The Morgan fingerprint density at radius 2 is 0.914 bits per heavy atom. The normalized spacial score (nSPS) is 10.3. The van der Waals surface area contributed by atoms with Gasteiger partial charge in [0.25, 0.3) is 0 Å². The Morgan fingerprint density at radius 1 is 0.600 bits per heavy atom. The van der Waals surface area contributed by atoms with E-state index in [-0.39, 0.29) is 41.0 Å². The van der Waals surface area contributed by atoms with Gasteiger partial charge in [0.2, 0.25) is 0 Å². The molecule has 0 heterocycles. The molecule has 0 fully saturated rings. The van der Waals surface area contributed by atoms with Gasteiger partial charge in [0.05, 0.1) is 0 Å². The van der Waals surface area contributed by atoms with Crippen molar-refractivity contribution in [2.45, 2.75) is 32.5 Å². The van der Waals surface area contributed by atoms with E-state index in [2.05, 4.69) is 105 Å². The van der Waals surface area contributed by atoms with Gasteiger partial charge in [0.15, 0.2) is 0 Å². The summed E-state index contributed by atoms with van der Waals surface area (Å²) in [5, 5.41) is 0. The van der Waals surface area contributed by atoms with Crippen LogP contribution >= 0.6 is 24.8 Å². The fourth-order valence-electron chi connectivity index (χ4n) is 4.00. The average molecular weight is 613 g/mol. The first-order chi connectivity index (χ1) is 15.6. The third-order valence-corrected chi connectivity index (χ3v) is 5.23. The van der Waals surface area contributed by atoms with Crippen molar-refractivity contribution in [1.29, 1.82) is 0 Å². The largest absolute Gasteiger partial charge is 0.179 e. The van der Waals surface area contributed by atoms with Crippen molar-refractivity contribution in [2.24, 2.45) is 0 Å². The van der Waals surface area contributed by atoms with Crippen LogP contribution in [0.4, 0.5) is 0 Å². The summed E-state index contributed by atoms with van der Waals surface area (Å²) in [6, 6.07) is 36.2. The Kier molecular flexibility index (Phi) is 16.7. The van der Waals surface area contributed by atoms with E-state index in [4.69, 9.17) is 0 Å². The zero-order valence-corrected chi connectivity index (χ0v) is 27.5. The summed E-state index contributed by atoms with van der Waals surface area (Å²) in [5.41, 5.74) is 11.0. The molecular weight excluding hydrogens is 579 g/mol. The molecule has 0 aromatic heterocycles. The van der Waals surface area contributed by atoms with Gasteiger partial charge in [-0.2, -0.15) is 59.7 Å². The summed E-state index contributed by atoms with van der Waals surface area (Å²) >= 11 is 1.58. The fraction of sp³-hybridized carbons (Fsp3) is 0.167. The molecule has 1 radical (unpaired) electrons. The number of hydrogen-bond acceptors (Lipinski definition) is 0. The van der Waals surface area contributed by atoms with Crippen LogP contribution in [-0.4, -0.2) is 15.7 Å². The third-order valence-electron chi connectivity index (χ3n) is 5.23. The average Bonchev–Trinajstić information content (AvgIpc) is 3.39. The van der Waals surface area contributed by atoms with Crippen LogP contribution in [-0.2, 0) is 36.2 Å². The predicted molar refractivity (Wildman–Crippen MR) is 160 cm³/mol. The van der Waals surface area contributed by atoms with Crippen LogP contribution in [0.2, 0.25) is 19.6 Å². The van der Waals surface area contributed by atoms with Crippen LogP contribution in [0.25, 0.3) is 22.3 Å². The van der Waals surface area contributed by atoms with Crippen molar-refractivity contribution in [2.75, 3.05) is 0 Å². The molecule has 4 aromatic rings. The summed E-state index contributed by atoms with van der Waals surface area (Å²) < 4.78 is 0. The molecule has 6 rings (SSSR count). The molecule has 5 heteroatoms. The summed E-state index contributed by atoms with van der Waals surface area (Å²) in [6.07, 6.45) is 2.10. The molecule has 2 aliphatic rings. The maximum Gasteiger partial charge on any atom is -0.0253 e. The van der Waals surface area contributed by atoms with Crippen LogP contribution in [0.5, 0.6) is 0 Å². The van der Waals surface area contributed by atoms with E-state index in [0.717, 1.165) is 12.8 Å². The van der Waals surface area contributed by atoms with E-state index < -0.39 is 0 Å². The van der Waals surface area contributed by atoms with Gasteiger partial charge < -0.3 is 7.43 Å². The molecule has 0 unspecified atom stereocenters. The summed E-state index contributed by atoms with van der Waals surface area (Å²) in [5.74, 6) is 0. The van der Waals surface area contributed by atoms with Gasteiger partial charge in [-0.15, -0.1) is 35.9 Å². The number of fused-ring (bicyclic) bond motifs is 6. The van der Waals surface area contributed by atoms with E-state index in [0.29, 0.717) is 0 Å². The monoisotopic (exact) mass is 610 g/mol. The Balaban J connectivity index is 0.000000507. The van der Waals surface area contributed by atoms with Crippen molar-refractivity contribution in [1.82, 2.24) is 0 Å². The molecular formula is C30H34Cl2Si2Zr-3. The van der Waals surface area contributed by atoms with E-state index >= 15 is 0 Å². The van der Waals surface area contributed by atoms with E-state index in [1.54, 1.807) is 23.3 Å². The zero-order valence-electron chi connectivity index (χ0n) is 21.0. The smallest absolute Gasteiger partial charge is 0.0253 e. The zero-order chi connectivity index (χ0) is 22.9.